The highest BCUT2D eigenvalue weighted by Crippen LogP contribution is 2.36. The lowest BCUT2D eigenvalue weighted by molar-refractivity contribution is -0.143. The number of hydrogen-bond acceptors (Lipinski definition) is 3. The van der Waals surface area contributed by atoms with E-state index in [4.69, 9.17) is 10.4 Å². The molecule has 0 aliphatic carbocycles. The normalized spacial score (nSPS) is 12.9. The number of carboxylic acid groups (broad SMARTS) is 1. The minimum Gasteiger partial charge on any atom is -0.480 e. The summed E-state index contributed by atoms with van der Waals surface area (Å²) < 4.78 is 76.9. The maximum atomic E-state index is 12.8. The minimum absolute atomic E-state index is 0.131. The van der Waals surface area contributed by atoms with E-state index >= 15 is 0 Å². The predicted molar refractivity (Wildman–Crippen MR) is 79.4 cm³/mol. The molecule has 0 radical (unpaired) electrons. The Morgan fingerprint density at radius 3 is 1.96 bits per heavy atom. The zero-order valence-electron chi connectivity index (χ0n) is 13.6. The fourth-order valence-corrected chi connectivity index (χ4v) is 2.14. The summed E-state index contributed by atoms with van der Waals surface area (Å²) in [6.07, 6.45) is -9.69. The van der Waals surface area contributed by atoms with Crippen molar-refractivity contribution in [2.45, 2.75) is 44.1 Å². The molecule has 1 atom stereocenters. The van der Waals surface area contributed by atoms with Crippen molar-refractivity contribution < 1.29 is 41.0 Å². The summed E-state index contributed by atoms with van der Waals surface area (Å²) in [5.41, 5.74) is -4.31. The average Bonchev–Trinajstić information content (AvgIpc) is 2.55. The Bertz CT molecular complexity index is 705. The summed E-state index contributed by atoms with van der Waals surface area (Å²) in [5.74, 6) is -2.87. The number of benzene rings is 1. The molecule has 0 unspecified atom stereocenters. The summed E-state index contributed by atoms with van der Waals surface area (Å²) in [7, 11) is 0. The third-order valence-electron chi connectivity index (χ3n) is 3.48. The summed E-state index contributed by atoms with van der Waals surface area (Å²) in [4.78, 5) is 23.2. The van der Waals surface area contributed by atoms with Crippen LogP contribution >= 0.6 is 0 Å². The van der Waals surface area contributed by atoms with Crippen LogP contribution in [0.5, 0.6) is 0 Å². The van der Waals surface area contributed by atoms with E-state index in [-0.39, 0.29) is 37.5 Å². The van der Waals surface area contributed by atoms with E-state index in [1.165, 1.54) is 0 Å². The van der Waals surface area contributed by atoms with Crippen molar-refractivity contribution >= 4 is 11.9 Å². The van der Waals surface area contributed by atoms with E-state index in [2.05, 4.69) is 0 Å². The molecule has 1 aromatic rings. The van der Waals surface area contributed by atoms with Crippen LogP contribution in [0.15, 0.2) is 18.2 Å². The third-order valence-corrected chi connectivity index (χ3v) is 3.48. The van der Waals surface area contributed by atoms with Gasteiger partial charge in [-0.1, -0.05) is 0 Å². The molecule has 5 nitrogen and oxygen atoms in total. The first-order chi connectivity index (χ1) is 12.4. The van der Waals surface area contributed by atoms with Crippen molar-refractivity contribution in [2.24, 2.45) is 0 Å². The largest absolute Gasteiger partial charge is 0.480 e. The van der Waals surface area contributed by atoms with Gasteiger partial charge in [0.05, 0.1) is 17.2 Å². The first-order valence-corrected chi connectivity index (χ1v) is 7.56. The molecule has 0 spiro atoms. The van der Waals surface area contributed by atoms with Crippen molar-refractivity contribution in [1.29, 1.82) is 5.26 Å². The Kier molecular flexibility index (Phi) is 7.21. The van der Waals surface area contributed by atoms with Crippen molar-refractivity contribution in [3.8, 4) is 6.07 Å². The number of hydrogen-bond donors (Lipinski definition) is 2. The van der Waals surface area contributed by atoms with Crippen LogP contribution in [0.3, 0.4) is 0 Å². The number of nitrogens with one attached hydrogen (secondary N) is 1. The van der Waals surface area contributed by atoms with Gasteiger partial charge in [-0.15, -0.1) is 0 Å². The van der Waals surface area contributed by atoms with E-state index in [1.54, 1.807) is 0 Å². The molecule has 0 aromatic heterocycles. The van der Waals surface area contributed by atoms with Crippen LogP contribution in [0.25, 0.3) is 0 Å². The van der Waals surface area contributed by atoms with Crippen molar-refractivity contribution in [3.63, 3.8) is 0 Å². The zero-order valence-corrected chi connectivity index (χ0v) is 13.6. The molecule has 0 aliphatic rings. The molecule has 2 N–H and O–H groups in total. The number of carboxylic acids is 1. The van der Waals surface area contributed by atoms with Gasteiger partial charge < -0.3 is 10.4 Å². The van der Waals surface area contributed by atoms with Crippen LogP contribution in [-0.2, 0) is 17.1 Å². The summed E-state index contributed by atoms with van der Waals surface area (Å²) in [6, 6.07) is 0.627. The summed E-state index contributed by atoms with van der Waals surface area (Å²) >= 11 is 0. The van der Waals surface area contributed by atoms with Gasteiger partial charge in [-0.05, 0) is 37.5 Å². The Hall–Kier alpha value is -2.77. The van der Waals surface area contributed by atoms with E-state index in [0.29, 0.717) is 6.42 Å². The van der Waals surface area contributed by atoms with Gasteiger partial charge in [0, 0.05) is 12.0 Å². The molecule has 1 amide bonds. The molecule has 0 fully saturated rings. The first-order valence-electron chi connectivity index (χ1n) is 7.56. The Morgan fingerprint density at radius 2 is 1.56 bits per heavy atom. The highest BCUT2D eigenvalue weighted by molar-refractivity contribution is 5.97. The maximum absolute atomic E-state index is 12.8. The maximum Gasteiger partial charge on any atom is 0.416 e. The van der Waals surface area contributed by atoms with Crippen LogP contribution in [0.1, 0.15) is 47.2 Å². The topological polar surface area (TPSA) is 90.2 Å². The Morgan fingerprint density at radius 1 is 1.04 bits per heavy atom. The molecule has 11 heteroatoms. The van der Waals surface area contributed by atoms with E-state index in [0.717, 1.165) is 0 Å². The quantitative estimate of drug-likeness (QED) is 0.539. The van der Waals surface area contributed by atoms with E-state index < -0.39 is 47.0 Å². The monoisotopic (exact) mass is 396 g/mol. The average molecular weight is 396 g/mol. The van der Waals surface area contributed by atoms with Crippen molar-refractivity contribution in [2.75, 3.05) is 0 Å². The predicted octanol–water partition coefficient (Wildman–Crippen LogP) is 3.99. The lowest BCUT2D eigenvalue weighted by Crippen LogP contribution is -2.40. The number of halogens is 6. The zero-order chi connectivity index (χ0) is 20.8. The van der Waals surface area contributed by atoms with Crippen molar-refractivity contribution in [3.05, 3.63) is 34.9 Å². The third kappa shape index (κ3) is 6.80. The second-order valence-corrected chi connectivity index (χ2v) is 5.56. The van der Waals surface area contributed by atoms with Gasteiger partial charge in [0.15, 0.2) is 0 Å². The SMILES string of the molecule is N#CCCCC[C@@H](NC(=O)c1cc(C(F)(F)F)cc(C(F)(F)F)c1)C(=O)O. The van der Waals surface area contributed by atoms with Gasteiger partial charge in [-0.2, -0.15) is 31.6 Å². The molecule has 0 bridgehead atoms. The summed E-state index contributed by atoms with van der Waals surface area (Å²) in [6.45, 7) is 0. The van der Waals surface area contributed by atoms with E-state index in [9.17, 15) is 35.9 Å². The lowest BCUT2D eigenvalue weighted by atomic mass is 10.0. The van der Waals surface area contributed by atoms with Crippen LogP contribution in [0.4, 0.5) is 26.3 Å². The number of carbonyl (C=O) groups is 2. The molecule has 1 rings (SSSR count). The van der Waals surface area contributed by atoms with E-state index in [1.807, 2.05) is 11.4 Å². The lowest BCUT2D eigenvalue weighted by Gasteiger charge is -2.17. The highest BCUT2D eigenvalue weighted by Gasteiger charge is 2.37. The molecule has 0 saturated heterocycles. The number of unbranched alkanes of at least 4 members (excludes halogenated alkanes) is 2. The molecule has 27 heavy (non-hydrogen) atoms. The molecule has 0 aliphatic heterocycles. The fraction of sp³-hybridized carbons (Fsp3) is 0.438. The van der Waals surface area contributed by atoms with Gasteiger partial charge in [0.25, 0.3) is 5.91 Å². The van der Waals surface area contributed by atoms with Crippen LogP contribution in [-0.4, -0.2) is 23.0 Å². The Balaban J connectivity index is 3.10. The number of aliphatic carboxylic acids is 1. The molecular formula is C16H14F6N2O3. The Labute approximate surface area is 149 Å². The number of amides is 1. The molecular weight excluding hydrogens is 382 g/mol. The smallest absolute Gasteiger partial charge is 0.416 e. The van der Waals surface area contributed by atoms with Crippen LogP contribution in [0, 0.1) is 11.3 Å². The fourth-order valence-electron chi connectivity index (χ4n) is 2.14. The molecule has 0 heterocycles. The second kappa shape index (κ2) is 8.75. The van der Waals surface area contributed by atoms with Crippen LogP contribution < -0.4 is 5.32 Å². The summed E-state index contributed by atoms with van der Waals surface area (Å²) in [5, 5.41) is 19.4. The van der Waals surface area contributed by atoms with Crippen molar-refractivity contribution in [1.82, 2.24) is 5.32 Å². The van der Waals surface area contributed by atoms with Gasteiger partial charge in [-0.25, -0.2) is 4.79 Å². The van der Waals surface area contributed by atoms with Gasteiger partial charge in [0.1, 0.15) is 6.04 Å². The minimum atomic E-state index is -5.13. The number of carbonyl (C=O) groups excluding carboxylic acids is 1. The second-order valence-electron chi connectivity index (χ2n) is 5.56. The number of nitriles is 1. The highest BCUT2D eigenvalue weighted by atomic mass is 19.4. The van der Waals surface area contributed by atoms with Crippen LogP contribution in [0.2, 0.25) is 0 Å². The van der Waals surface area contributed by atoms with Gasteiger partial charge in [0.2, 0.25) is 0 Å². The number of nitrogens with zero attached hydrogens (tertiary/aromatic N) is 1. The first kappa shape index (κ1) is 22.3. The standard InChI is InChI=1S/C16H14F6N2O3/c17-15(18,19)10-6-9(7-11(8-10)16(20,21)22)13(25)24-12(14(26)27)4-2-1-3-5-23/h6-8,12H,1-4H2,(H,24,25)(H,26,27)/t12-/m1/s1. The number of rotatable bonds is 7. The van der Waals surface area contributed by atoms with Gasteiger partial charge in [-0.3, -0.25) is 4.79 Å². The molecule has 0 saturated carbocycles. The van der Waals surface area contributed by atoms with Gasteiger partial charge >= 0.3 is 18.3 Å². The molecule has 148 valence electrons. The molecule has 1 aromatic carbocycles. The number of alkyl halides is 6.